The first-order chi connectivity index (χ1) is 13.5. The fraction of sp³-hybridized carbons (Fsp3) is 0.294. The Kier molecular flexibility index (Phi) is 6.59. The number of amides is 2. The molecule has 1 aromatic carbocycles. The number of carbonyl (C=O) groups is 2. The van der Waals surface area contributed by atoms with Crippen molar-refractivity contribution in [2.24, 2.45) is 17.4 Å². The molecule has 6 N–H and O–H groups in total. The first-order valence-electron chi connectivity index (χ1n) is 8.45. The number of anilines is 3. The van der Waals surface area contributed by atoms with Gasteiger partial charge in [0, 0.05) is 17.9 Å². The van der Waals surface area contributed by atoms with Crippen LogP contribution in [0.15, 0.2) is 30.5 Å². The highest BCUT2D eigenvalue weighted by molar-refractivity contribution is 7.86. The first-order valence-corrected chi connectivity index (χ1v) is 10.3. The van der Waals surface area contributed by atoms with E-state index in [0.717, 1.165) is 6.26 Å². The summed E-state index contributed by atoms with van der Waals surface area (Å²) in [6, 6.07) is 5.63. The van der Waals surface area contributed by atoms with Crippen LogP contribution in [-0.4, -0.2) is 42.5 Å². The zero-order valence-corrected chi connectivity index (χ0v) is 16.9. The standard InChI is InChI=1S/C17H22N6O5S/c1-9(14(18)24)10(2)21-16-13(15(19)25)8-20-17(23-16)22-11-4-6-12(7-5-11)28-29(3,26)27/h4-10H,1-3H3,(H2,18,24)(H2,19,25)(H2,20,21,22,23). The Balaban J connectivity index is 2.23. The highest BCUT2D eigenvalue weighted by Crippen LogP contribution is 2.22. The molecule has 0 fully saturated rings. The van der Waals surface area contributed by atoms with Crippen LogP contribution in [0.5, 0.6) is 5.75 Å². The SMILES string of the molecule is CC(Nc1nc(Nc2ccc(OS(C)(=O)=O)cc2)ncc1C(N)=O)C(C)C(N)=O. The van der Waals surface area contributed by atoms with Crippen molar-refractivity contribution in [3.63, 3.8) is 0 Å². The molecule has 0 saturated heterocycles. The van der Waals surface area contributed by atoms with Gasteiger partial charge in [0.25, 0.3) is 5.91 Å². The second-order valence-corrected chi connectivity index (χ2v) is 7.96. The summed E-state index contributed by atoms with van der Waals surface area (Å²) < 4.78 is 27.1. The van der Waals surface area contributed by atoms with Gasteiger partial charge in [0.1, 0.15) is 11.6 Å². The van der Waals surface area contributed by atoms with E-state index >= 15 is 0 Å². The molecule has 0 aliphatic rings. The Hall–Kier alpha value is -3.41. The highest BCUT2D eigenvalue weighted by Gasteiger charge is 2.21. The molecule has 0 radical (unpaired) electrons. The van der Waals surface area contributed by atoms with Crippen LogP contribution in [0.4, 0.5) is 17.5 Å². The molecule has 12 heteroatoms. The van der Waals surface area contributed by atoms with Gasteiger partial charge >= 0.3 is 10.1 Å². The fourth-order valence-electron chi connectivity index (χ4n) is 2.22. The van der Waals surface area contributed by atoms with Gasteiger partial charge in [-0.1, -0.05) is 6.92 Å². The molecule has 1 heterocycles. The van der Waals surface area contributed by atoms with Crippen molar-refractivity contribution in [1.82, 2.24) is 9.97 Å². The van der Waals surface area contributed by atoms with Crippen molar-refractivity contribution in [3.8, 4) is 5.75 Å². The summed E-state index contributed by atoms with van der Waals surface area (Å²) in [5.74, 6) is -1.32. The maximum atomic E-state index is 11.7. The number of carbonyl (C=O) groups excluding carboxylic acids is 2. The topological polar surface area (TPSA) is 179 Å². The summed E-state index contributed by atoms with van der Waals surface area (Å²) >= 11 is 0. The lowest BCUT2D eigenvalue weighted by Crippen LogP contribution is -2.35. The Labute approximate surface area is 168 Å². The molecule has 0 aliphatic heterocycles. The Morgan fingerprint density at radius 3 is 2.28 bits per heavy atom. The van der Waals surface area contributed by atoms with E-state index < -0.39 is 33.9 Å². The van der Waals surface area contributed by atoms with Crippen molar-refractivity contribution in [1.29, 1.82) is 0 Å². The van der Waals surface area contributed by atoms with Gasteiger partial charge in [-0.05, 0) is 31.2 Å². The quantitative estimate of drug-likeness (QED) is 0.420. The molecule has 0 aliphatic carbocycles. The van der Waals surface area contributed by atoms with E-state index in [0.29, 0.717) is 5.69 Å². The number of hydrogen-bond acceptors (Lipinski definition) is 9. The van der Waals surface area contributed by atoms with Crippen LogP contribution in [0.3, 0.4) is 0 Å². The molecule has 2 aromatic rings. The minimum absolute atomic E-state index is 0.0518. The van der Waals surface area contributed by atoms with Crippen molar-refractivity contribution < 1.29 is 22.2 Å². The third kappa shape index (κ3) is 6.31. The van der Waals surface area contributed by atoms with Crippen molar-refractivity contribution in [3.05, 3.63) is 36.0 Å². The summed E-state index contributed by atoms with van der Waals surface area (Å²) in [7, 11) is -3.62. The fourth-order valence-corrected chi connectivity index (χ4v) is 2.68. The minimum Gasteiger partial charge on any atom is -0.383 e. The predicted molar refractivity (Wildman–Crippen MR) is 107 cm³/mol. The summed E-state index contributed by atoms with van der Waals surface area (Å²) in [6.45, 7) is 3.36. The number of nitrogens with zero attached hydrogens (tertiary/aromatic N) is 2. The van der Waals surface area contributed by atoms with Gasteiger partial charge in [-0.15, -0.1) is 0 Å². The Morgan fingerprint density at radius 2 is 1.76 bits per heavy atom. The van der Waals surface area contributed by atoms with Crippen LogP contribution in [-0.2, 0) is 14.9 Å². The molecular formula is C17H22N6O5S. The minimum atomic E-state index is -3.62. The van der Waals surface area contributed by atoms with Gasteiger partial charge in [-0.2, -0.15) is 13.4 Å². The smallest absolute Gasteiger partial charge is 0.306 e. The van der Waals surface area contributed by atoms with Crippen LogP contribution in [0, 0.1) is 5.92 Å². The second-order valence-electron chi connectivity index (χ2n) is 6.38. The van der Waals surface area contributed by atoms with E-state index in [1.165, 1.54) is 18.3 Å². The monoisotopic (exact) mass is 422 g/mol. The van der Waals surface area contributed by atoms with Gasteiger partial charge in [0.15, 0.2) is 0 Å². The second kappa shape index (κ2) is 8.73. The molecule has 2 atom stereocenters. The molecule has 2 unspecified atom stereocenters. The van der Waals surface area contributed by atoms with E-state index in [1.54, 1.807) is 26.0 Å². The van der Waals surface area contributed by atoms with E-state index in [-0.39, 0.29) is 23.1 Å². The molecule has 0 saturated carbocycles. The number of primary amides is 2. The molecular weight excluding hydrogens is 400 g/mol. The maximum absolute atomic E-state index is 11.7. The molecule has 1 aromatic heterocycles. The maximum Gasteiger partial charge on any atom is 0.306 e. The van der Waals surface area contributed by atoms with E-state index in [2.05, 4.69) is 20.6 Å². The van der Waals surface area contributed by atoms with E-state index in [4.69, 9.17) is 15.7 Å². The summed E-state index contributed by atoms with van der Waals surface area (Å²) in [4.78, 5) is 31.3. The number of benzene rings is 1. The first kappa shape index (κ1) is 21.9. The lowest BCUT2D eigenvalue weighted by atomic mass is 10.0. The van der Waals surface area contributed by atoms with Gasteiger partial charge in [-0.3, -0.25) is 9.59 Å². The average Bonchev–Trinajstić information content (AvgIpc) is 2.61. The van der Waals surface area contributed by atoms with Crippen LogP contribution in [0.25, 0.3) is 0 Å². The lowest BCUT2D eigenvalue weighted by Gasteiger charge is -2.20. The lowest BCUT2D eigenvalue weighted by molar-refractivity contribution is -0.121. The van der Waals surface area contributed by atoms with Gasteiger partial charge < -0.3 is 26.3 Å². The Morgan fingerprint density at radius 1 is 1.14 bits per heavy atom. The van der Waals surface area contributed by atoms with E-state index in [9.17, 15) is 18.0 Å². The van der Waals surface area contributed by atoms with Crippen LogP contribution >= 0.6 is 0 Å². The van der Waals surface area contributed by atoms with Crippen LogP contribution < -0.4 is 26.3 Å². The average molecular weight is 422 g/mol. The zero-order valence-electron chi connectivity index (χ0n) is 16.0. The van der Waals surface area contributed by atoms with Crippen LogP contribution in [0.2, 0.25) is 0 Å². The number of hydrogen-bond donors (Lipinski definition) is 4. The summed E-state index contributed by atoms with van der Waals surface area (Å²) in [5, 5.41) is 5.87. The Bertz CT molecular complexity index is 1010. The molecule has 2 amide bonds. The van der Waals surface area contributed by atoms with Gasteiger partial charge in [0.05, 0.1) is 17.7 Å². The third-order valence-corrected chi connectivity index (χ3v) is 4.47. The summed E-state index contributed by atoms with van der Waals surface area (Å²) in [5.41, 5.74) is 11.3. The largest absolute Gasteiger partial charge is 0.383 e. The van der Waals surface area contributed by atoms with Crippen molar-refractivity contribution in [2.45, 2.75) is 19.9 Å². The highest BCUT2D eigenvalue weighted by atomic mass is 32.2. The molecule has 0 spiro atoms. The van der Waals surface area contributed by atoms with Gasteiger partial charge in [0.2, 0.25) is 11.9 Å². The number of nitrogens with one attached hydrogen (secondary N) is 2. The molecule has 0 bridgehead atoms. The molecule has 11 nitrogen and oxygen atoms in total. The molecule has 2 rings (SSSR count). The zero-order chi connectivity index (χ0) is 21.8. The normalized spacial score (nSPS) is 13.2. The number of rotatable bonds is 9. The summed E-state index contributed by atoms with van der Waals surface area (Å²) in [6.07, 6.45) is 2.20. The van der Waals surface area contributed by atoms with Crippen LogP contribution in [0.1, 0.15) is 24.2 Å². The van der Waals surface area contributed by atoms with Crippen molar-refractivity contribution >= 4 is 39.4 Å². The molecule has 156 valence electrons. The number of aromatic nitrogens is 2. The van der Waals surface area contributed by atoms with E-state index in [1.807, 2.05) is 0 Å². The molecule has 29 heavy (non-hydrogen) atoms. The number of nitrogens with two attached hydrogens (primary N) is 2. The third-order valence-electron chi connectivity index (χ3n) is 3.98. The predicted octanol–water partition coefficient (Wildman–Crippen LogP) is 0.579. The van der Waals surface area contributed by atoms with Gasteiger partial charge in [-0.25, -0.2) is 4.98 Å². The van der Waals surface area contributed by atoms with Crippen molar-refractivity contribution in [2.75, 3.05) is 16.9 Å².